The van der Waals surface area contributed by atoms with E-state index in [9.17, 15) is 14.4 Å². The third-order valence-electron chi connectivity index (χ3n) is 3.80. The molecule has 27 heavy (non-hydrogen) atoms. The molecular weight excluding hydrogens is 346 g/mol. The summed E-state index contributed by atoms with van der Waals surface area (Å²) >= 11 is 0. The third kappa shape index (κ3) is 7.60. The molecule has 3 amide bonds. The van der Waals surface area contributed by atoms with Gasteiger partial charge in [0.15, 0.2) is 0 Å². The van der Waals surface area contributed by atoms with Crippen molar-refractivity contribution in [1.29, 1.82) is 0 Å². The predicted molar refractivity (Wildman–Crippen MR) is 103 cm³/mol. The number of nitrogens with one attached hydrogen (secondary N) is 3. The Hall–Kier alpha value is -3.35. The molecule has 0 saturated heterocycles. The van der Waals surface area contributed by atoms with E-state index in [0.29, 0.717) is 24.2 Å². The summed E-state index contributed by atoms with van der Waals surface area (Å²) in [5, 5.41) is 16.6. The van der Waals surface area contributed by atoms with E-state index in [-0.39, 0.29) is 18.9 Å². The summed E-state index contributed by atoms with van der Waals surface area (Å²) < 4.78 is 0. The van der Waals surface area contributed by atoms with E-state index in [2.05, 4.69) is 16.0 Å². The third-order valence-corrected chi connectivity index (χ3v) is 3.80. The van der Waals surface area contributed by atoms with E-state index in [4.69, 9.17) is 5.11 Å². The maximum absolute atomic E-state index is 12.1. The van der Waals surface area contributed by atoms with Gasteiger partial charge in [-0.15, -0.1) is 0 Å². The smallest absolute Gasteiger partial charge is 0.319 e. The lowest BCUT2D eigenvalue weighted by molar-refractivity contribution is -0.137. The second-order valence-corrected chi connectivity index (χ2v) is 5.95. The molecule has 7 heteroatoms. The number of hydrogen-bond donors (Lipinski definition) is 4. The van der Waals surface area contributed by atoms with Crippen molar-refractivity contribution in [3.63, 3.8) is 0 Å². The molecule has 0 atom stereocenters. The number of benzene rings is 2. The first-order chi connectivity index (χ1) is 13.0. The molecule has 0 aliphatic carbocycles. The molecule has 2 rings (SSSR count). The standard InChI is InChI=1S/C20H23N3O4/c24-18(25)7-4-13-22-20(27)23-17-10-8-16(9-11-17)19(26)21-14-12-15-5-2-1-3-6-15/h1-3,5-6,8-11H,4,7,12-14H2,(H,21,26)(H,24,25)(H2,22,23,27). The van der Waals surface area contributed by atoms with Crippen LogP contribution in [0.25, 0.3) is 0 Å². The summed E-state index contributed by atoms with van der Waals surface area (Å²) in [4.78, 5) is 34.2. The van der Waals surface area contributed by atoms with Gasteiger partial charge in [-0.3, -0.25) is 9.59 Å². The Balaban J connectivity index is 1.72. The van der Waals surface area contributed by atoms with Crippen LogP contribution in [0.1, 0.15) is 28.8 Å². The van der Waals surface area contributed by atoms with Gasteiger partial charge >= 0.3 is 12.0 Å². The van der Waals surface area contributed by atoms with Gasteiger partial charge in [-0.2, -0.15) is 0 Å². The van der Waals surface area contributed by atoms with Crippen molar-refractivity contribution >= 4 is 23.6 Å². The van der Waals surface area contributed by atoms with E-state index in [0.717, 1.165) is 12.0 Å². The first kappa shape index (κ1) is 20.0. The minimum absolute atomic E-state index is 0.00829. The zero-order valence-corrected chi connectivity index (χ0v) is 14.9. The lowest BCUT2D eigenvalue weighted by Gasteiger charge is -2.09. The van der Waals surface area contributed by atoms with Crippen LogP contribution < -0.4 is 16.0 Å². The number of carboxylic acid groups (broad SMARTS) is 1. The number of rotatable bonds is 9. The van der Waals surface area contributed by atoms with Crippen LogP contribution in [0, 0.1) is 0 Å². The summed E-state index contributed by atoms with van der Waals surface area (Å²) in [6, 6.07) is 16.0. The highest BCUT2D eigenvalue weighted by molar-refractivity contribution is 5.95. The SMILES string of the molecule is O=C(O)CCCNC(=O)Nc1ccc(C(=O)NCCc2ccccc2)cc1. The summed E-state index contributed by atoms with van der Waals surface area (Å²) in [5.74, 6) is -1.06. The molecule has 0 aliphatic rings. The molecule has 2 aromatic carbocycles. The molecule has 4 N–H and O–H groups in total. The number of carboxylic acids is 1. The van der Waals surface area contributed by atoms with E-state index in [1.165, 1.54) is 0 Å². The zero-order valence-electron chi connectivity index (χ0n) is 14.9. The van der Waals surface area contributed by atoms with Crippen molar-refractivity contribution < 1.29 is 19.5 Å². The Morgan fingerprint density at radius 2 is 1.56 bits per heavy atom. The highest BCUT2D eigenvalue weighted by Crippen LogP contribution is 2.09. The first-order valence-corrected chi connectivity index (χ1v) is 8.73. The van der Waals surface area contributed by atoms with Gasteiger partial charge in [0.1, 0.15) is 0 Å². The normalized spacial score (nSPS) is 10.1. The first-order valence-electron chi connectivity index (χ1n) is 8.73. The molecule has 0 spiro atoms. The monoisotopic (exact) mass is 369 g/mol. The number of carbonyl (C=O) groups excluding carboxylic acids is 2. The van der Waals surface area contributed by atoms with E-state index < -0.39 is 12.0 Å². The fourth-order valence-corrected chi connectivity index (χ4v) is 2.39. The van der Waals surface area contributed by atoms with Crippen LogP contribution in [-0.4, -0.2) is 36.1 Å². The van der Waals surface area contributed by atoms with Crippen LogP contribution in [0.4, 0.5) is 10.5 Å². The Bertz CT molecular complexity index is 761. The van der Waals surface area contributed by atoms with Gasteiger partial charge in [0.2, 0.25) is 0 Å². The number of anilines is 1. The molecule has 0 bridgehead atoms. The topological polar surface area (TPSA) is 108 Å². The molecule has 0 aromatic heterocycles. The Morgan fingerprint density at radius 3 is 2.22 bits per heavy atom. The van der Waals surface area contributed by atoms with Gasteiger partial charge < -0.3 is 21.1 Å². The number of urea groups is 1. The second kappa shape index (κ2) is 10.6. The van der Waals surface area contributed by atoms with E-state index in [1.807, 2.05) is 30.3 Å². The Morgan fingerprint density at radius 1 is 0.852 bits per heavy atom. The quantitative estimate of drug-likeness (QED) is 0.510. The molecule has 0 heterocycles. The average Bonchev–Trinajstić information content (AvgIpc) is 2.66. The number of aliphatic carboxylic acids is 1. The van der Waals surface area contributed by atoms with Crippen molar-refractivity contribution in [2.45, 2.75) is 19.3 Å². The van der Waals surface area contributed by atoms with Gasteiger partial charge in [0.25, 0.3) is 5.91 Å². The second-order valence-electron chi connectivity index (χ2n) is 5.95. The molecule has 0 aliphatic heterocycles. The van der Waals surface area contributed by atoms with Crippen LogP contribution in [0.5, 0.6) is 0 Å². The van der Waals surface area contributed by atoms with Crippen molar-refractivity contribution in [1.82, 2.24) is 10.6 Å². The van der Waals surface area contributed by atoms with E-state index in [1.54, 1.807) is 24.3 Å². The summed E-state index contributed by atoms with van der Waals surface area (Å²) in [5.41, 5.74) is 2.22. The van der Waals surface area contributed by atoms with Gasteiger partial charge in [-0.25, -0.2) is 4.79 Å². The van der Waals surface area contributed by atoms with Crippen molar-refractivity contribution in [2.24, 2.45) is 0 Å². The average molecular weight is 369 g/mol. The molecule has 142 valence electrons. The van der Waals surface area contributed by atoms with Crippen LogP contribution in [0.2, 0.25) is 0 Å². The largest absolute Gasteiger partial charge is 0.481 e. The van der Waals surface area contributed by atoms with Crippen molar-refractivity contribution in [2.75, 3.05) is 18.4 Å². The van der Waals surface area contributed by atoms with Gasteiger partial charge in [0, 0.05) is 30.8 Å². The molecule has 0 saturated carbocycles. The lowest BCUT2D eigenvalue weighted by Crippen LogP contribution is -2.30. The number of amides is 3. The molecule has 0 fully saturated rings. The maximum atomic E-state index is 12.1. The highest BCUT2D eigenvalue weighted by atomic mass is 16.4. The minimum atomic E-state index is -0.894. The van der Waals surface area contributed by atoms with Gasteiger partial charge in [-0.1, -0.05) is 30.3 Å². The molecule has 0 unspecified atom stereocenters. The fourth-order valence-electron chi connectivity index (χ4n) is 2.39. The fraction of sp³-hybridized carbons (Fsp3) is 0.250. The summed E-state index contributed by atoms with van der Waals surface area (Å²) in [7, 11) is 0. The van der Waals surface area contributed by atoms with Gasteiger partial charge in [0.05, 0.1) is 0 Å². The van der Waals surface area contributed by atoms with Crippen molar-refractivity contribution in [3.05, 3.63) is 65.7 Å². The number of hydrogen-bond acceptors (Lipinski definition) is 3. The lowest BCUT2D eigenvalue weighted by atomic mass is 10.1. The predicted octanol–water partition coefficient (Wildman–Crippen LogP) is 2.65. The Labute approximate surface area is 157 Å². The van der Waals surface area contributed by atoms with Crippen LogP contribution >= 0.6 is 0 Å². The van der Waals surface area contributed by atoms with E-state index >= 15 is 0 Å². The minimum Gasteiger partial charge on any atom is -0.481 e. The van der Waals surface area contributed by atoms with Crippen LogP contribution in [0.3, 0.4) is 0 Å². The highest BCUT2D eigenvalue weighted by Gasteiger charge is 2.06. The summed E-state index contributed by atoms with van der Waals surface area (Å²) in [6.45, 7) is 0.821. The van der Waals surface area contributed by atoms with Crippen LogP contribution in [0.15, 0.2) is 54.6 Å². The molecule has 0 radical (unpaired) electrons. The Kier molecular flexibility index (Phi) is 7.84. The molecule has 7 nitrogen and oxygen atoms in total. The van der Waals surface area contributed by atoms with Gasteiger partial charge in [-0.05, 0) is 42.7 Å². The van der Waals surface area contributed by atoms with Crippen LogP contribution in [-0.2, 0) is 11.2 Å². The summed E-state index contributed by atoms with van der Waals surface area (Å²) in [6.07, 6.45) is 1.13. The molecule has 2 aromatic rings. The maximum Gasteiger partial charge on any atom is 0.319 e. The zero-order chi connectivity index (χ0) is 19.5. The van der Waals surface area contributed by atoms with Crippen molar-refractivity contribution in [3.8, 4) is 0 Å². The molecular formula is C20H23N3O4. The number of carbonyl (C=O) groups is 3.